The summed E-state index contributed by atoms with van der Waals surface area (Å²) in [6.07, 6.45) is 0.319. The van der Waals surface area contributed by atoms with Crippen LogP contribution in [0.15, 0.2) is 12.2 Å². The number of ether oxygens (including phenoxy) is 3. The molecule has 0 atom stereocenters. The average Bonchev–Trinajstić information content (AvgIpc) is 2.43. The van der Waals surface area contributed by atoms with Gasteiger partial charge in [-0.1, -0.05) is 6.58 Å². The van der Waals surface area contributed by atoms with E-state index >= 15 is 0 Å². The molecule has 0 amide bonds. The number of esters is 1. The monoisotopic (exact) mass is 482 g/mol. The number of carbonyl (C=O) groups is 1. The lowest BCUT2D eigenvalue weighted by Gasteiger charge is -2.42. The van der Waals surface area contributed by atoms with Gasteiger partial charge in [0.2, 0.25) is 0 Å². The third kappa shape index (κ3) is 16.3. The lowest BCUT2D eigenvalue weighted by molar-refractivity contribution is -0.140. The molecule has 0 aromatic heterocycles. The lowest BCUT2D eigenvalue weighted by atomic mass is 10.4. The Balaban J connectivity index is 4.75. The highest BCUT2D eigenvalue weighted by molar-refractivity contribution is 6.90. The maximum atomic E-state index is 11.3. The van der Waals surface area contributed by atoms with Gasteiger partial charge in [0, 0.05) is 5.57 Å². The van der Waals surface area contributed by atoms with Crippen LogP contribution in [0.2, 0.25) is 58.9 Å². The van der Waals surface area contributed by atoms with Gasteiger partial charge in [0.15, 0.2) is 25.0 Å². The van der Waals surface area contributed by atoms with Crippen LogP contribution < -0.4 is 0 Å². The van der Waals surface area contributed by atoms with E-state index in [0.717, 1.165) is 0 Å². The zero-order chi connectivity index (χ0) is 22.9. The van der Waals surface area contributed by atoms with Crippen molar-refractivity contribution in [1.29, 1.82) is 0 Å². The van der Waals surface area contributed by atoms with Gasteiger partial charge in [0.25, 0.3) is 0 Å². The fourth-order valence-corrected chi connectivity index (χ4v) is 16.2. The molecule has 0 fully saturated rings. The SMILES string of the molecule is C=C(C)C(=O)OCCOCCOC[Si](O[Si](C)(C)C)(O[Si](C)(C)C)O[Si](C)(C)C. The number of rotatable bonds is 15. The second-order valence-electron chi connectivity index (χ2n) is 9.91. The van der Waals surface area contributed by atoms with Gasteiger partial charge in [-0.15, -0.1) is 0 Å². The minimum absolute atomic E-state index is 0.195. The van der Waals surface area contributed by atoms with E-state index in [1.807, 2.05) is 0 Å². The summed E-state index contributed by atoms with van der Waals surface area (Å²) in [4.78, 5) is 11.3. The van der Waals surface area contributed by atoms with Crippen LogP contribution in [0.4, 0.5) is 0 Å². The van der Waals surface area contributed by atoms with Crippen LogP contribution in [-0.4, -0.2) is 72.4 Å². The van der Waals surface area contributed by atoms with Crippen molar-refractivity contribution in [2.45, 2.75) is 65.8 Å². The molecule has 0 radical (unpaired) electrons. The van der Waals surface area contributed by atoms with Crippen LogP contribution in [0, 0.1) is 0 Å². The highest BCUT2D eigenvalue weighted by atomic mass is 28.5. The third-order valence-electron chi connectivity index (χ3n) is 2.85. The topological polar surface area (TPSA) is 72.5 Å². The molecule has 0 rings (SSSR count). The minimum atomic E-state index is -2.98. The molecule has 172 valence electrons. The molecule has 0 aromatic carbocycles. The molecule has 0 aliphatic heterocycles. The van der Waals surface area contributed by atoms with Crippen LogP contribution in [0.25, 0.3) is 0 Å². The third-order valence-corrected chi connectivity index (χ3v) is 14.5. The maximum absolute atomic E-state index is 11.3. The molecule has 7 nitrogen and oxygen atoms in total. The summed E-state index contributed by atoms with van der Waals surface area (Å²) < 4.78 is 36.0. The van der Waals surface area contributed by atoms with Gasteiger partial charge < -0.3 is 26.6 Å². The molecule has 0 saturated carbocycles. The predicted molar refractivity (Wildman–Crippen MR) is 126 cm³/mol. The van der Waals surface area contributed by atoms with Crippen LogP contribution in [0.5, 0.6) is 0 Å². The van der Waals surface area contributed by atoms with Crippen molar-refractivity contribution in [3.63, 3.8) is 0 Å². The smallest absolute Gasteiger partial charge is 0.460 e. The fourth-order valence-electron chi connectivity index (χ4n) is 2.28. The van der Waals surface area contributed by atoms with Gasteiger partial charge in [-0.3, -0.25) is 0 Å². The number of hydrogen-bond donors (Lipinski definition) is 0. The Morgan fingerprint density at radius 2 is 1.07 bits per heavy atom. The van der Waals surface area contributed by atoms with Crippen molar-refractivity contribution in [3.8, 4) is 0 Å². The average molecular weight is 483 g/mol. The Morgan fingerprint density at radius 3 is 1.45 bits per heavy atom. The van der Waals surface area contributed by atoms with E-state index in [4.69, 9.17) is 26.6 Å². The van der Waals surface area contributed by atoms with Crippen LogP contribution >= 0.6 is 0 Å². The summed E-state index contributed by atoms with van der Waals surface area (Å²) >= 11 is 0. The van der Waals surface area contributed by atoms with Gasteiger partial charge in [-0.05, 0) is 65.8 Å². The second-order valence-corrected chi connectivity index (χ2v) is 26.7. The molecule has 0 aromatic rings. The van der Waals surface area contributed by atoms with E-state index in [-0.39, 0.29) is 6.61 Å². The Hall–Kier alpha value is -0.122. The predicted octanol–water partition coefficient (Wildman–Crippen LogP) is 4.17. The van der Waals surface area contributed by atoms with Gasteiger partial charge in [-0.25, -0.2) is 4.79 Å². The standard InChI is InChI=1S/C18H42O7Si4/c1-17(2)18(19)22-15-14-20-12-13-21-16-29(23-26(3,4)5,24-27(6,7)8)25-28(9,10)11/h1,12-16H2,2-11H3. The Bertz CT molecular complexity index is 481. The van der Waals surface area contributed by atoms with Gasteiger partial charge in [0.1, 0.15) is 12.8 Å². The zero-order valence-corrected chi connectivity index (χ0v) is 24.1. The van der Waals surface area contributed by atoms with Crippen molar-refractivity contribution >= 4 is 39.7 Å². The van der Waals surface area contributed by atoms with Crippen LogP contribution in [0.3, 0.4) is 0 Å². The van der Waals surface area contributed by atoms with Crippen molar-refractivity contribution < 1.29 is 31.4 Å². The molecule has 0 aliphatic rings. The van der Waals surface area contributed by atoms with E-state index in [1.54, 1.807) is 6.92 Å². The normalized spacial score (nSPS) is 13.4. The van der Waals surface area contributed by atoms with Gasteiger partial charge in [0.05, 0.1) is 19.8 Å². The molecule has 0 bridgehead atoms. The quantitative estimate of drug-likeness (QED) is 0.150. The largest absolute Gasteiger partial charge is 0.496 e. The summed E-state index contributed by atoms with van der Waals surface area (Å²) in [6.45, 7) is 25.7. The molecule has 29 heavy (non-hydrogen) atoms. The fraction of sp³-hybridized carbons (Fsp3) is 0.833. The van der Waals surface area contributed by atoms with Crippen LogP contribution in [-0.2, 0) is 31.4 Å². The first kappa shape index (κ1) is 28.9. The minimum Gasteiger partial charge on any atom is -0.460 e. The molecular weight excluding hydrogens is 441 g/mol. The second kappa shape index (κ2) is 12.1. The van der Waals surface area contributed by atoms with E-state index in [2.05, 4.69) is 65.5 Å². The first-order valence-electron chi connectivity index (χ1n) is 10.0. The highest BCUT2D eigenvalue weighted by Gasteiger charge is 2.50. The van der Waals surface area contributed by atoms with Gasteiger partial charge in [-0.2, -0.15) is 0 Å². The molecule has 0 saturated heterocycles. The maximum Gasteiger partial charge on any atom is 0.496 e. The summed E-state index contributed by atoms with van der Waals surface area (Å²) in [5.74, 6) is -0.406. The van der Waals surface area contributed by atoms with Crippen molar-refractivity contribution in [3.05, 3.63) is 12.2 Å². The van der Waals surface area contributed by atoms with E-state index in [0.29, 0.717) is 31.6 Å². The lowest BCUT2D eigenvalue weighted by Crippen LogP contribution is -2.63. The summed E-state index contributed by atoms with van der Waals surface area (Å²) in [5.41, 5.74) is 0.377. The summed E-state index contributed by atoms with van der Waals surface area (Å²) in [7, 11) is -8.70. The van der Waals surface area contributed by atoms with E-state index in [9.17, 15) is 4.79 Å². The van der Waals surface area contributed by atoms with Crippen molar-refractivity contribution in [1.82, 2.24) is 0 Å². The zero-order valence-electron chi connectivity index (χ0n) is 20.1. The van der Waals surface area contributed by atoms with Gasteiger partial charge >= 0.3 is 14.8 Å². The number of hydrogen-bond acceptors (Lipinski definition) is 7. The molecule has 11 heteroatoms. The highest BCUT2D eigenvalue weighted by Crippen LogP contribution is 2.25. The molecular formula is C18H42O7Si4. The molecule has 0 heterocycles. The summed E-state index contributed by atoms with van der Waals surface area (Å²) in [6, 6.07) is 0. The number of carbonyl (C=O) groups excluding carboxylic acids is 1. The van der Waals surface area contributed by atoms with E-state index in [1.165, 1.54) is 0 Å². The van der Waals surface area contributed by atoms with E-state index < -0.39 is 39.7 Å². The molecule has 0 spiro atoms. The van der Waals surface area contributed by atoms with Crippen LogP contribution in [0.1, 0.15) is 6.92 Å². The molecule has 0 aliphatic carbocycles. The van der Waals surface area contributed by atoms with Crippen molar-refractivity contribution in [2.24, 2.45) is 0 Å². The summed E-state index contributed by atoms with van der Waals surface area (Å²) in [5, 5.41) is 0. The Labute approximate surface area is 181 Å². The molecule has 0 N–H and O–H groups in total. The Kier molecular flexibility index (Phi) is 12.0. The first-order chi connectivity index (χ1) is 12.9. The first-order valence-corrected chi connectivity index (χ1v) is 22.2. The Morgan fingerprint density at radius 1 is 0.690 bits per heavy atom. The molecule has 0 unspecified atom stereocenters. The van der Waals surface area contributed by atoms with Crippen molar-refractivity contribution in [2.75, 3.05) is 32.7 Å².